The zero-order valence-electron chi connectivity index (χ0n) is 5.63. The van der Waals surface area contributed by atoms with Crippen molar-refractivity contribution < 1.29 is 4.79 Å². The molecule has 10 heavy (non-hydrogen) atoms. The van der Waals surface area contributed by atoms with Gasteiger partial charge in [-0.25, -0.2) is 0 Å². The summed E-state index contributed by atoms with van der Waals surface area (Å²) in [6, 6.07) is 7.87. The van der Waals surface area contributed by atoms with E-state index in [4.69, 9.17) is 0 Å². The lowest BCUT2D eigenvalue weighted by Crippen LogP contribution is -1.94. The molecule has 0 radical (unpaired) electrons. The number of rotatable bonds is 0. The monoisotopic (exact) mass is 132 g/mol. The third-order valence-electron chi connectivity index (χ3n) is 1.92. The highest BCUT2D eigenvalue weighted by atomic mass is 16.1. The van der Waals surface area contributed by atoms with Crippen molar-refractivity contribution in [3.8, 4) is 0 Å². The summed E-state index contributed by atoms with van der Waals surface area (Å²) >= 11 is 0. The van der Waals surface area contributed by atoms with Gasteiger partial charge in [0.1, 0.15) is 0 Å². The molecule has 0 heterocycles. The van der Waals surface area contributed by atoms with Crippen LogP contribution in [0.2, 0.25) is 0 Å². The third kappa shape index (κ3) is 0.747. The largest absolute Gasteiger partial charge is 0.294 e. The molecule has 0 N–H and O–H groups in total. The number of fused-ring (bicyclic) bond motifs is 4. The van der Waals surface area contributed by atoms with E-state index in [1.165, 1.54) is 5.56 Å². The summed E-state index contributed by atoms with van der Waals surface area (Å²) in [5.74, 6) is 0.278. The molecule has 1 nitrogen and oxygen atoms in total. The fourth-order valence-electron chi connectivity index (χ4n) is 1.26. The Hall–Kier alpha value is -1.11. The van der Waals surface area contributed by atoms with E-state index < -0.39 is 0 Å². The third-order valence-corrected chi connectivity index (χ3v) is 1.92. The van der Waals surface area contributed by atoms with Gasteiger partial charge in [0.15, 0.2) is 5.78 Å². The molecule has 0 saturated heterocycles. The molecule has 3 rings (SSSR count). The minimum absolute atomic E-state index is 0.278. The summed E-state index contributed by atoms with van der Waals surface area (Å²) in [6.45, 7) is 0. The summed E-state index contributed by atoms with van der Waals surface area (Å²) < 4.78 is 0. The molecule has 2 aliphatic carbocycles. The lowest BCUT2D eigenvalue weighted by molar-refractivity contribution is 0.0984. The van der Waals surface area contributed by atoms with Crippen LogP contribution in [-0.4, -0.2) is 5.78 Å². The molecule has 0 aromatic heterocycles. The fourth-order valence-corrected chi connectivity index (χ4v) is 1.26. The van der Waals surface area contributed by atoms with Gasteiger partial charge in [-0.15, -0.1) is 0 Å². The van der Waals surface area contributed by atoms with Crippen molar-refractivity contribution in [1.82, 2.24) is 0 Å². The van der Waals surface area contributed by atoms with Gasteiger partial charge in [-0.2, -0.15) is 0 Å². The predicted molar refractivity (Wildman–Crippen MR) is 39.1 cm³/mol. The lowest BCUT2D eigenvalue weighted by Gasteiger charge is -1.89. The molecule has 0 atom stereocenters. The van der Waals surface area contributed by atoms with Crippen molar-refractivity contribution in [3.63, 3.8) is 0 Å². The Morgan fingerprint density at radius 2 is 1.70 bits per heavy atom. The number of benzene rings is 1. The van der Waals surface area contributed by atoms with Gasteiger partial charge in [0.05, 0.1) is 0 Å². The molecule has 2 bridgehead atoms. The molecule has 0 amide bonds. The Morgan fingerprint density at radius 3 is 2.40 bits per heavy atom. The number of carbonyl (C=O) groups excluding carboxylic acids is 1. The normalized spacial score (nSPS) is 15.4. The fraction of sp³-hybridized carbons (Fsp3) is 0.222. The van der Waals surface area contributed by atoms with Crippen LogP contribution in [0.1, 0.15) is 22.3 Å². The molecule has 1 aromatic carbocycles. The summed E-state index contributed by atoms with van der Waals surface area (Å²) in [4.78, 5) is 11.1. The first kappa shape index (κ1) is 5.66. The summed E-state index contributed by atoms with van der Waals surface area (Å²) in [5, 5.41) is 0. The second-order valence-corrected chi connectivity index (χ2v) is 2.62. The molecular weight excluding hydrogens is 124 g/mol. The van der Waals surface area contributed by atoms with E-state index in [9.17, 15) is 4.79 Å². The van der Waals surface area contributed by atoms with Crippen molar-refractivity contribution in [2.24, 2.45) is 0 Å². The van der Waals surface area contributed by atoms with E-state index in [1.54, 1.807) is 0 Å². The standard InChI is InChI=1S/C9H8O/c10-9-6-3-7-1-4-8(9)5-2-7/h1-2,4-5H,3,6H2. The topological polar surface area (TPSA) is 17.1 Å². The van der Waals surface area contributed by atoms with Crippen molar-refractivity contribution in [1.29, 1.82) is 0 Å². The van der Waals surface area contributed by atoms with Gasteiger partial charge in [0.25, 0.3) is 0 Å². The summed E-state index contributed by atoms with van der Waals surface area (Å²) in [7, 11) is 0. The number of Topliss-reactive ketones (excluding diaryl/α,β-unsaturated/α-hetero) is 1. The highest BCUT2D eigenvalue weighted by Crippen LogP contribution is 2.14. The summed E-state index contributed by atoms with van der Waals surface area (Å²) in [5.41, 5.74) is 2.14. The minimum Gasteiger partial charge on any atom is -0.294 e. The Balaban J connectivity index is 2.59. The molecule has 1 heteroatoms. The van der Waals surface area contributed by atoms with Crippen molar-refractivity contribution in [2.45, 2.75) is 12.8 Å². The molecule has 0 unspecified atom stereocenters. The number of carbonyl (C=O) groups is 1. The maximum absolute atomic E-state index is 11.1. The van der Waals surface area contributed by atoms with Crippen LogP contribution in [0.25, 0.3) is 0 Å². The van der Waals surface area contributed by atoms with Crippen LogP contribution in [0.4, 0.5) is 0 Å². The van der Waals surface area contributed by atoms with Crippen LogP contribution in [0, 0.1) is 0 Å². The lowest BCUT2D eigenvalue weighted by atomic mass is 10.1. The minimum atomic E-state index is 0.278. The van der Waals surface area contributed by atoms with Gasteiger partial charge in [0.2, 0.25) is 0 Å². The van der Waals surface area contributed by atoms with Crippen LogP contribution < -0.4 is 0 Å². The van der Waals surface area contributed by atoms with Gasteiger partial charge < -0.3 is 0 Å². The van der Waals surface area contributed by atoms with E-state index in [-0.39, 0.29) is 5.78 Å². The van der Waals surface area contributed by atoms with Gasteiger partial charge in [0, 0.05) is 12.0 Å². The predicted octanol–water partition coefficient (Wildman–Crippen LogP) is 1.82. The van der Waals surface area contributed by atoms with Crippen LogP contribution in [0.15, 0.2) is 24.3 Å². The highest BCUT2D eigenvalue weighted by molar-refractivity contribution is 5.96. The first-order valence-electron chi connectivity index (χ1n) is 3.48. The van der Waals surface area contributed by atoms with E-state index in [2.05, 4.69) is 0 Å². The maximum Gasteiger partial charge on any atom is 0.163 e. The van der Waals surface area contributed by atoms with Gasteiger partial charge in [-0.1, -0.05) is 24.3 Å². The number of aryl methyl sites for hydroxylation is 1. The SMILES string of the molecule is O=C1CCc2ccc1cc2. The molecule has 1 aromatic rings. The summed E-state index contributed by atoms with van der Waals surface area (Å²) in [6.07, 6.45) is 1.60. The molecule has 0 saturated carbocycles. The highest BCUT2D eigenvalue weighted by Gasteiger charge is 2.09. The Labute approximate surface area is 59.7 Å². The van der Waals surface area contributed by atoms with Crippen LogP contribution in [0.3, 0.4) is 0 Å². The number of ketones is 1. The van der Waals surface area contributed by atoms with Gasteiger partial charge >= 0.3 is 0 Å². The first-order valence-corrected chi connectivity index (χ1v) is 3.48. The second-order valence-electron chi connectivity index (χ2n) is 2.62. The zero-order chi connectivity index (χ0) is 6.97. The maximum atomic E-state index is 11.1. The Morgan fingerprint density at radius 1 is 1.00 bits per heavy atom. The van der Waals surface area contributed by atoms with Gasteiger partial charge in [-0.05, 0) is 12.0 Å². The average molecular weight is 132 g/mol. The molecule has 0 aliphatic heterocycles. The molecule has 0 fully saturated rings. The van der Waals surface area contributed by atoms with Crippen molar-refractivity contribution >= 4 is 5.78 Å². The van der Waals surface area contributed by atoms with E-state index in [0.29, 0.717) is 6.42 Å². The average Bonchev–Trinajstić information content (AvgIpc) is 2.24. The van der Waals surface area contributed by atoms with Crippen LogP contribution >= 0.6 is 0 Å². The van der Waals surface area contributed by atoms with Gasteiger partial charge in [-0.3, -0.25) is 4.79 Å². The van der Waals surface area contributed by atoms with E-state index >= 15 is 0 Å². The molecular formula is C9H8O. The van der Waals surface area contributed by atoms with Crippen molar-refractivity contribution in [2.75, 3.05) is 0 Å². The molecule has 50 valence electrons. The van der Waals surface area contributed by atoms with Crippen LogP contribution in [-0.2, 0) is 6.42 Å². The Kier molecular flexibility index (Phi) is 1.10. The number of hydrogen-bond donors (Lipinski definition) is 0. The smallest absolute Gasteiger partial charge is 0.163 e. The zero-order valence-corrected chi connectivity index (χ0v) is 5.63. The van der Waals surface area contributed by atoms with E-state index in [1.807, 2.05) is 24.3 Å². The molecule has 0 spiro atoms. The Bertz CT molecular complexity index is 259. The quantitative estimate of drug-likeness (QED) is 0.526. The van der Waals surface area contributed by atoms with E-state index in [0.717, 1.165) is 12.0 Å². The number of hydrogen-bond acceptors (Lipinski definition) is 1. The first-order chi connectivity index (χ1) is 4.86. The van der Waals surface area contributed by atoms with Crippen molar-refractivity contribution in [3.05, 3.63) is 35.4 Å². The van der Waals surface area contributed by atoms with Crippen LogP contribution in [0.5, 0.6) is 0 Å². The second kappa shape index (κ2) is 1.94. The molecule has 2 aliphatic rings.